The topological polar surface area (TPSA) is 6.48 Å². The Morgan fingerprint density at radius 1 is 0.658 bits per heavy atom. The molecule has 4 aromatic carbocycles. The van der Waals surface area contributed by atoms with E-state index in [0.717, 1.165) is 13.0 Å². The van der Waals surface area contributed by atoms with E-state index in [1.807, 2.05) is 0 Å². The summed E-state index contributed by atoms with van der Waals surface area (Å²) in [6.07, 6.45) is 7.43. The van der Waals surface area contributed by atoms with Crippen molar-refractivity contribution in [3.63, 3.8) is 0 Å². The highest BCUT2D eigenvalue weighted by Crippen LogP contribution is 2.35. The lowest BCUT2D eigenvalue weighted by Gasteiger charge is -2.34. The quantitative estimate of drug-likeness (QED) is 0.226. The molecule has 0 amide bonds. The third-order valence-electron chi connectivity index (χ3n) is 7.91. The summed E-state index contributed by atoms with van der Waals surface area (Å²) in [6.45, 7) is 5.51. The summed E-state index contributed by atoms with van der Waals surface area (Å²) >= 11 is 0. The van der Waals surface area contributed by atoms with Gasteiger partial charge in [-0.2, -0.15) is 0 Å². The molecular formula is C36H40N2. The van der Waals surface area contributed by atoms with Gasteiger partial charge >= 0.3 is 0 Å². The lowest BCUT2D eigenvalue weighted by atomic mass is 9.86. The van der Waals surface area contributed by atoms with Gasteiger partial charge in [-0.15, -0.1) is 0 Å². The Balaban J connectivity index is 1.39. The van der Waals surface area contributed by atoms with Crippen LogP contribution in [-0.4, -0.2) is 14.1 Å². The number of anilines is 2. The molecule has 1 saturated carbocycles. The summed E-state index contributed by atoms with van der Waals surface area (Å²) < 4.78 is 0. The Kier molecular flexibility index (Phi) is 8.28. The second-order valence-corrected chi connectivity index (χ2v) is 10.9. The molecule has 5 rings (SSSR count). The molecule has 1 aliphatic carbocycles. The zero-order valence-electron chi connectivity index (χ0n) is 22.9. The van der Waals surface area contributed by atoms with E-state index in [0.29, 0.717) is 5.92 Å². The fraction of sp³-hybridized carbons (Fsp3) is 0.278. The van der Waals surface area contributed by atoms with E-state index >= 15 is 0 Å². The fourth-order valence-electron chi connectivity index (χ4n) is 5.62. The zero-order chi connectivity index (χ0) is 26.3. The maximum Gasteiger partial charge on any atom is 0.0478 e. The third kappa shape index (κ3) is 6.37. The summed E-state index contributed by atoms with van der Waals surface area (Å²) in [4.78, 5) is 4.61. The maximum atomic E-state index is 4.67. The van der Waals surface area contributed by atoms with E-state index in [1.165, 1.54) is 77.0 Å². The molecule has 2 heteroatoms. The lowest BCUT2D eigenvalue weighted by molar-refractivity contribution is 0.396. The molecule has 1 aliphatic rings. The molecule has 0 saturated heterocycles. The van der Waals surface area contributed by atoms with Crippen molar-refractivity contribution < 1.29 is 0 Å². The SMILES string of the molecule is C=C(C1CCCCC1)N(Cc1ccc(-c2ccc(N(C)C)cc2)cc1)c1cccc(Cc2ccccc2)c1. The molecule has 0 heterocycles. The second kappa shape index (κ2) is 12.2. The molecule has 0 bridgehead atoms. The predicted octanol–water partition coefficient (Wildman–Crippen LogP) is 9.11. The number of rotatable bonds is 9. The highest BCUT2D eigenvalue weighted by atomic mass is 15.1. The molecule has 0 unspecified atom stereocenters. The number of hydrogen-bond donors (Lipinski definition) is 0. The number of nitrogens with zero attached hydrogens (tertiary/aromatic N) is 2. The molecule has 0 N–H and O–H groups in total. The molecule has 2 nitrogen and oxygen atoms in total. The van der Waals surface area contributed by atoms with Gasteiger partial charge in [0, 0.05) is 37.7 Å². The van der Waals surface area contributed by atoms with Crippen LogP contribution < -0.4 is 9.80 Å². The van der Waals surface area contributed by atoms with Crippen LogP contribution in [0.3, 0.4) is 0 Å². The van der Waals surface area contributed by atoms with Gasteiger partial charge in [0.15, 0.2) is 0 Å². The summed E-state index contributed by atoms with van der Waals surface area (Å²) in [5.74, 6) is 0.566. The van der Waals surface area contributed by atoms with Gasteiger partial charge in [0.2, 0.25) is 0 Å². The van der Waals surface area contributed by atoms with Crippen LogP contribution in [0.1, 0.15) is 48.8 Å². The highest BCUT2D eigenvalue weighted by Gasteiger charge is 2.22. The van der Waals surface area contributed by atoms with Crippen molar-refractivity contribution in [1.82, 2.24) is 0 Å². The van der Waals surface area contributed by atoms with Gasteiger partial charge in [0.25, 0.3) is 0 Å². The van der Waals surface area contributed by atoms with E-state index in [9.17, 15) is 0 Å². The van der Waals surface area contributed by atoms with Gasteiger partial charge in [-0.3, -0.25) is 0 Å². The van der Waals surface area contributed by atoms with Gasteiger partial charge in [-0.05, 0) is 77.3 Å². The minimum Gasteiger partial charge on any atom is -0.378 e. The van der Waals surface area contributed by atoms with Gasteiger partial charge in [-0.1, -0.05) is 105 Å². The smallest absolute Gasteiger partial charge is 0.0478 e. The monoisotopic (exact) mass is 500 g/mol. The average molecular weight is 501 g/mol. The van der Waals surface area contributed by atoms with Crippen LogP contribution in [0.5, 0.6) is 0 Å². The first-order chi connectivity index (χ1) is 18.6. The molecule has 0 atom stereocenters. The normalized spacial score (nSPS) is 13.7. The molecule has 194 valence electrons. The van der Waals surface area contributed by atoms with Crippen LogP contribution in [0.2, 0.25) is 0 Å². The Bertz CT molecular complexity index is 1310. The number of allylic oxidation sites excluding steroid dienone is 1. The van der Waals surface area contributed by atoms with E-state index in [4.69, 9.17) is 0 Å². The van der Waals surface area contributed by atoms with Gasteiger partial charge < -0.3 is 9.80 Å². The Morgan fingerprint density at radius 2 is 1.29 bits per heavy atom. The summed E-state index contributed by atoms with van der Waals surface area (Å²) in [5.41, 5.74) is 10.2. The molecule has 38 heavy (non-hydrogen) atoms. The van der Waals surface area contributed by atoms with Crippen LogP contribution in [0, 0.1) is 5.92 Å². The Morgan fingerprint density at radius 3 is 1.95 bits per heavy atom. The Labute approximate surface area is 229 Å². The standard InChI is InChI=1S/C36H40N2/c1-28(32-14-8-5-9-15-32)38(36-16-10-13-31(26-36)25-29-11-6-4-7-12-29)27-30-17-19-33(20-18-30)34-21-23-35(24-22-34)37(2)3/h4,6-7,10-13,16-24,26,32H,1,5,8-9,14-15,25,27H2,2-3H3. The molecule has 0 aliphatic heterocycles. The van der Waals surface area contributed by atoms with Crippen molar-refractivity contribution in [1.29, 1.82) is 0 Å². The molecule has 0 radical (unpaired) electrons. The predicted molar refractivity (Wildman–Crippen MR) is 164 cm³/mol. The average Bonchev–Trinajstić information content (AvgIpc) is 2.97. The van der Waals surface area contributed by atoms with E-state index in [2.05, 4.69) is 134 Å². The molecule has 0 spiro atoms. The van der Waals surface area contributed by atoms with Crippen molar-refractivity contribution in [2.45, 2.75) is 45.1 Å². The van der Waals surface area contributed by atoms with E-state index in [1.54, 1.807) is 0 Å². The zero-order valence-corrected chi connectivity index (χ0v) is 22.9. The van der Waals surface area contributed by atoms with E-state index in [-0.39, 0.29) is 0 Å². The van der Waals surface area contributed by atoms with Crippen LogP contribution in [0.15, 0.2) is 115 Å². The molecule has 4 aromatic rings. The summed E-state index contributed by atoms with van der Waals surface area (Å²) in [7, 11) is 4.15. The number of hydrogen-bond acceptors (Lipinski definition) is 2. The van der Waals surface area contributed by atoms with Crippen LogP contribution in [-0.2, 0) is 13.0 Å². The van der Waals surface area contributed by atoms with Crippen molar-refractivity contribution in [2.24, 2.45) is 5.92 Å². The first-order valence-electron chi connectivity index (χ1n) is 14.0. The Hall–Kier alpha value is -3.78. The van der Waals surface area contributed by atoms with Crippen molar-refractivity contribution in [2.75, 3.05) is 23.9 Å². The lowest BCUT2D eigenvalue weighted by Crippen LogP contribution is -2.27. The van der Waals surface area contributed by atoms with Crippen LogP contribution in [0.4, 0.5) is 11.4 Å². The summed E-state index contributed by atoms with van der Waals surface area (Å²) in [6, 6.07) is 37.7. The van der Waals surface area contributed by atoms with Gasteiger partial charge in [-0.25, -0.2) is 0 Å². The van der Waals surface area contributed by atoms with Crippen molar-refractivity contribution >= 4 is 11.4 Å². The second-order valence-electron chi connectivity index (χ2n) is 10.9. The van der Waals surface area contributed by atoms with E-state index < -0.39 is 0 Å². The van der Waals surface area contributed by atoms with Crippen molar-refractivity contribution in [3.05, 3.63) is 132 Å². The minimum atomic E-state index is 0.566. The summed E-state index contributed by atoms with van der Waals surface area (Å²) in [5, 5.41) is 0. The molecule has 0 aromatic heterocycles. The van der Waals surface area contributed by atoms with Crippen molar-refractivity contribution in [3.8, 4) is 11.1 Å². The number of benzene rings is 4. The first kappa shape index (κ1) is 25.9. The highest BCUT2D eigenvalue weighted by molar-refractivity contribution is 5.66. The maximum absolute atomic E-state index is 4.67. The van der Waals surface area contributed by atoms with Crippen LogP contribution >= 0.6 is 0 Å². The third-order valence-corrected chi connectivity index (χ3v) is 7.91. The largest absolute Gasteiger partial charge is 0.378 e. The molecular weight excluding hydrogens is 460 g/mol. The molecule has 1 fully saturated rings. The minimum absolute atomic E-state index is 0.566. The van der Waals surface area contributed by atoms with Gasteiger partial charge in [0.05, 0.1) is 0 Å². The van der Waals surface area contributed by atoms with Gasteiger partial charge in [0.1, 0.15) is 0 Å². The van der Waals surface area contributed by atoms with Crippen LogP contribution in [0.25, 0.3) is 11.1 Å². The first-order valence-corrected chi connectivity index (χ1v) is 14.0. The fourth-order valence-corrected chi connectivity index (χ4v) is 5.62.